The van der Waals surface area contributed by atoms with E-state index in [0.29, 0.717) is 24.1 Å². The summed E-state index contributed by atoms with van der Waals surface area (Å²) < 4.78 is 17.5. The molecule has 10 heteroatoms. The first kappa shape index (κ1) is 24.6. The highest BCUT2D eigenvalue weighted by Crippen LogP contribution is 2.36. The van der Waals surface area contributed by atoms with Gasteiger partial charge in [0.1, 0.15) is 24.0 Å². The van der Waals surface area contributed by atoms with Crippen LogP contribution in [0.15, 0.2) is 41.3 Å². The predicted octanol–water partition coefficient (Wildman–Crippen LogP) is 3.34. The fourth-order valence-corrected chi connectivity index (χ4v) is 5.18. The minimum Gasteiger partial charge on any atom is -0.493 e. The van der Waals surface area contributed by atoms with E-state index in [1.165, 1.54) is 12.8 Å². The molecule has 2 saturated heterocycles. The highest BCUT2D eigenvalue weighted by molar-refractivity contribution is 7.80. The second-order valence-electron chi connectivity index (χ2n) is 9.31. The van der Waals surface area contributed by atoms with E-state index < -0.39 is 0 Å². The minimum atomic E-state index is 0.0382. The fraction of sp³-hybridized carbons (Fsp3) is 0.500. The molecule has 0 radical (unpaired) electrons. The van der Waals surface area contributed by atoms with Gasteiger partial charge in [-0.15, -0.1) is 0 Å². The van der Waals surface area contributed by atoms with Gasteiger partial charge in [-0.05, 0) is 56.7 Å². The number of thiocarbonyl (C=S) groups is 1. The third-order valence-electron chi connectivity index (χ3n) is 6.99. The Morgan fingerprint density at radius 2 is 2.08 bits per heavy atom. The summed E-state index contributed by atoms with van der Waals surface area (Å²) in [5.41, 5.74) is 0.845. The Labute approximate surface area is 217 Å². The third-order valence-corrected chi connectivity index (χ3v) is 7.39. The molecule has 0 bridgehead atoms. The number of furan rings is 1. The Kier molecular flexibility index (Phi) is 7.72. The largest absolute Gasteiger partial charge is 0.493 e. The van der Waals surface area contributed by atoms with Crippen LogP contribution in [0.3, 0.4) is 0 Å². The quantitative estimate of drug-likeness (QED) is 0.462. The summed E-state index contributed by atoms with van der Waals surface area (Å²) in [5, 5.41) is 8.55. The van der Waals surface area contributed by atoms with Crippen LogP contribution < -0.4 is 25.0 Å². The average molecular weight is 511 g/mol. The van der Waals surface area contributed by atoms with Gasteiger partial charge in [-0.2, -0.15) is 0 Å². The van der Waals surface area contributed by atoms with Gasteiger partial charge in [-0.3, -0.25) is 0 Å². The molecule has 2 atom stereocenters. The second kappa shape index (κ2) is 11.3. The monoisotopic (exact) mass is 510 g/mol. The Morgan fingerprint density at radius 1 is 1.22 bits per heavy atom. The Balaban J connectivity index is 1.27. The van der Waals surface area contributed by atoms with Crippen molar-refractivity contribution in [3.63, 3.8) is 0 Å². The van der Waals surface area contributed by atoms with Crippen molar-refractivity contribution in [2.75, 3.05) is 44.7 Å². The summed E-state index contributed by atoms with van der Waals surface area (Å²) in [6.07, 6.45) is 6.91. The lowest BCUT2D eigenvalue weighted by atomic mass is 10.0. The lowest BCUT2D eigenvalue weighted by molar-refractivity contribution is 0.148. The Morgan fingerprint density at radius 3 is 2.81 bits per heavy atom. The van der Waals surface area contributed by atoms with E-state index in [1.807, 2.05) is 24.3 Å². The lowest BCUT2D eigenvalue weighted by Gasteiger charge is -2.37. The zero-order valence-electron chi connectivity index (χ0n) is 20.9. The normalized spacial score (nSPS) is 19.2. The van der Waals surface area contributed by atoms with E-state index in [4.69, 9.17) is 26.1 Å². The molecule has 2 aliphatic rings. The van der Waals surface area contributed by atoms with Gasteiger partial charge in [0.05, 0.1) is 25.4 Å². The van der Waals surface area contributed by atoms with Gasteiger partial charge in [-0.1, -0.05) is 6.42 Å². The molecule has 2 N–H and O–H groups in total. The molecular formula is C26H34N6O3S. The maximum absolute atomic E-state index is 6.36. The van der Waals surface area contributed by atoms with Gasteiger partial charge < -0.3 is 34.3 Å². The Bertz CT molecular complexity index is 1160. The van der Waals surface area contributed by atoms with E-state index in [2.05, 4.69) is 37.3 Å². The smallest absolute Gasteiger partial charge is 0.169 e. The van der Waals surface area contributed by atoms with Crippen LogP contribution in [0.5, 0.6) is 11.5 Å². The van der Waals surface area contributed by atoms with E-state index >= 15 is 0 Å². The SMILES string of the molecule is COc1cc2c(N3CCN(C(=S)NCc4ccco4)CC3)ncnc2cc1OC(C)C1CCCCN1. The van der Waals surface area contributed by atoms with Crippen molar-refractivity contribution in [3.05, 3.63) is 42.6 Å². The molecule has 2 unspecified atom stereocenters. The molecular weight excluding hydrogens is 476 g/mol. The van der Waals surface area contributed by atoms with Crippen LogP contribution in [0.1, 0.15) is 31.9 Å². The number of nitrogens with zero attached hydrogens (tertiary/aromatic N) is 4. The standard InChI is InChI=1S/C26H34N6O3S/c1-18(21-7-3-4-8-27-21)35-24-15-22-20(14-23(24)33-2)25(30-17-29-22)31-9-11-32(12-10-31)26(36)28-16-19-6-5-13-34-19/h5-6,13-15,17-18,21,27H,3-4,7-12,16H2,1-2H3,(H,28,36). The van der Waals surface area contributed by atoms with Crippen LogP contribution in [0.4, 0.5) is 5.82 Å². The first-order chi connectivity index (χ1) is 17.6. The molecule has 2 aromatic heterocycles. The van der Waals surface area contributed by atoms with Crippen molar-refractivity contribution in [3.8, 4) is 11.5 Å². The second-order valence-corrected chi connectivity index (χ2v) is 9.70. The number of hydrogen-bond donors (Lipinski definition) is 2. The van der Waals surface area contributed by atoms with Gasteiger partial charge in [-0.25, -0.2) is 9.97 Å². The van der Waals surface area contributed by atoms with Crippen LogP contribution in [0.2, 0.25) is 0 Å². The number of piperidine rings is 1. The molecule has 0 saturated carbocycles. The maximum atomic E-state index is 6.36. The molecule has 2 fully saturated rings. The number of benzene rings is 1. The number of nitrogens with one attached hydrogen (secondary N) is 2. The minimum absolute atomic E-state index is 0.0382. The van der Waals surface area contributed by atoms with Gasteiger partial charge in [0, 0.05) is 43.7 Å². The van der Waals surface area contributed by atoms with Crippen molar-refractivity contribution in [1.29, 1.82) is 0 Å². The van der Waals surface area contributed by atoms with Crippen molar-refractivity contribution >= 4 is 34.1 Å². The van der Waals surface area contributed by atoms with Crippen molar-refractivity contribution < 1.29 is 13.9 Å². The molecule has 192 valence electrons. The van der Waals surface area contributed by atoms with Crippen LogP contribution in [-0.4, -0.2) is 72.0 Å². The van der Waals surface area contributed by atoms with Crippen LogP contribution >= 0.6 is 12.2 Å². The number of piperazine rings is 1. The highest BCUT2D eigenvalue weighted by atomic mass is 32.1. The first-order valence-electron chi connectivity index (χ1n) is 12.7. The first-order valence-corrected chi connectivity index (χ1v) is 13.1. The van der Waals surface area contributed by atoms with E-state index in [0.717, 1.165) is 66.7 Å². The molecule has 0 amide bonds. The van der Waals surface area contributed by atoms with Crippen LogP contribution in [0.25, 0.3) is 10.9 Å². The molecule has 36 heavy (non-hydrogen) atoms. The zero-order valence-corrected chi connectivity index (χ0v) is 21.7. The topological polar surface area (TPSA) is 87.9 Å². The van der Waals surface area contributed by atoms with Crippen molar-refractivity contribution in [1.82, 2.24) is 25.5 Å². The van der Waals surface area contributed by atoms with Gasteiger partial charge in [0.15, 0.2) is 16.6 Å². The number of hydrogen-bond acceptors (Lipinski definition) is 8. The summed E-state index contributed by atoms with van der Waals surface area (Å²) in [4.78, 5) is 13.7. The average Bonchev–Trinajstić information content (AvgIpc) is 3.45. The third kappa shape index (κ3) is 5.49. The predicted molar refractivity (Wildman–Crippen MR) is 144 cm³/mol. The number of aromatic nitrogens is 2. The molecule has 9 nitrogen and oxygen atoms in total. The number of ether oxygens (including phenoxy) is 2. The van der Waals surface area contributed by atoms with Gasteiger partial charge >= 0.3 is 0 Å². The molecule has 4 heterocycles. The number of anilines is 1. The zero-order chi connectivity index (χ0) is 24.9. The lowest BCUT2D eigenvalue weighted by Crippen LogP contribution is -2.51. The highest BCUT2D eigenvalue weighted by Gasteiger charge is 2.25. The molecule has 3 aromatic rings. The Hall–Kier alpha value is -3.11. The molecule has 5 rings (SSSR count). The fourth-order valence-electron chi connectivity index (χ4n) is 4.92. The van der Waals surface area contributed by atoms with Gasteiger partial charge in [0.25, 0.3) is 0 Å². The molecule has 0 spiro atoms. The van der Waals surface area contributed by atoms with Crippen LogP contribution in [0, 0.1) is 0 Å². The van der Waals surface area contributed by atoms with E-state index in [-0.39, 0.29) is 6.10 Å². The summed E-state index contributed by atoms with van der Waals surface area (Å²) in [6.45, 7) is 6.97. The molecule has 0 aliphatic carbocycles. The van der Waals surface area contributed by atoms with Crippen molar-refractivity contribution in [2.45, 2.75) is 44.9 Å². The summed E-state index contributed by atoms with van der Waals surface area (Å²) in [5.74, 6) is 3.18. The molecule has 1 aromatic carbocycles. The maximum Gasteiger partial charge on any atom is 0.169 e. The number of methoxy groups -OCH3 is 1. The van der Waals surface area contributed by atoms with Crippen LogP contribution in [-0.2, 0) is 6.54 Å². The summed E-state index contributed by atoms with van der Waals surface area (Å²) in [6, 6.07) is 8.14. The number of rotatable bonds is 7. The summed E-state index contributed by atoms with van der Waals surface area (Å²) >= 11 is 5.60. The van der Waals surface area contributed by atoms with Gasteiger partial charge in [0.2, 0.25) is 0 Å². The summed E-state index contributed by atoms with van der Waals surface area (Å²) in [7, 11) is 1.68. The van der Waals surface area contributed by atoms with Crippen molar-refractivity contribution in [2.24, 2.45) is 0 Å². The van der Waals surface area contributed by atoms with E-state index in [1.54, 1.807) is 19.7 Å². The number of fused-ring (bicyclic) bond motifs is 1. The van der Waals surface area contributed by atoms with E-state index in [9.17, 15) is 0 Å². The molecule has 2 aliphatic heterocycles.